The summed E-state index contributed by atoms with van der Waals surface area (Å²) in [7, 11) is 0. The average molecular weight is 297 g/mol. The number of rotatable bonds is 4. The zero-order valence-corrected chi connectivity index (χ0v) is 11.5. The second-order valence-electron chi connectivity index (χ2n) is 4.93. The molecule has 2 rings (SSSR count). The van der Waals surface area contributed by atoms with E-state index in [1.54, 1.807) is 16.7 Å². The van der Waals surface area contributed by atoms with Crippen molar-refractivity contribution in [3.05, 3.63) is 34.1 Å². The first kappa shape index (κ1) is 15.2. The maximum Gasteiger partial charge on any atom is 0.320 e. The Morgan fingerprint density at radius 1 is 1.38 bits per heavy atom. The maximum absolute atomic E-state index is 13.1. The van der Waals surface area contributed by atoms with Crippen LogP contribution in [0.15, 0.2) is 18.2 Å². The Morgan fingerprint density at radius 2 is 2.00 bits per heavy atom. The molecule has 0 radical (unpaired) electrons. The molecule has 1 N–H and O–H groups in total. The predicted octanol–water partition coefficient (Wildman–Crippen LogP) is 1.33. The van der Waals surface area contributed by atoms with Gasteiger partial charge in [0.15, 0.2) is 0 Å². The summed E-state index contributed by atoms with van der Waals surface area (Å²) in [5, 5.41) is 20.0. The maximum atomic E-state index is 13.1. The molecule has 1 aromatic rings. The number of hydrogen-bond acceptors (Lipinski definition) is 5. The molecule has 1 unspecified atom stereocenters. The zero-order chi connectivity index (χ0) is 15.6. The average Bonchev–Trinajstić information content (AvgIpc) is 2.46. The Hall–Kier alpha value is -2.22. The summed E-state index contributed by atoms with van der Waals surface area (Å²) in [6.07, 6.45) is 0. The molecule has 7 nitrogen and oxygen atoms in total. The summed E-state index contributed by atoms with van der Waals surface area (Å²) in [4.78, 5) is 24.9. The first-order chi connectivity index (χ1) is 9.90. The van der Waals surface area contributed by atoms with Gasteiger partial charge in [0.2, 0.25) is 0 Å². The van der Waals surface area contributed by atoms with Gasteiger partial charge in [0.25, 0.3) is 5.69 Å². The number of nitro benzene ring substituents is 1. The Kier molecular flexibility index (Phi) is 4.37. The van der Waals surface area contributed by atoms with Crippen LogP contribution in [0.3, 0.4) is 0 Å². The van der Waals surface area contributed by atoms with Gasteiger partial charge in [-0.25, -0.2) is 4.39 Å². The zero-order valence-electron chi connectivity index (χ0n) is 11.5. The molecule has 21 heavy (non-hydrogen) atoms. The third-order valence-corrected chi connectivity index (χ3v) is 3.69. The molecule has 1 saturated heterocycles. The van der Waals surface area contributed by atoms with Crippen molar-refractivity contribution in [3.8, 4) is 0 Å². The van der Waals surface area contributed by atoms with E-state index in [0.717, 1.165) is 6.07 Å². The van der Waals surface area contributed by atoms with Gasteiger partial charge in [-0.2, -0.15) is 0 Å². The van der Waals surface area contributed by atoms with Crippen molar-refractivity contribution in [2.75, 3.05) is 31.1 Å². The number of halogens is 1. The van der Waals surface area contributed by atoms with Crippen molar-refractivity contribution in [1.29, 1.82) is 0 Å². The molecule has 114 valence electrons. The van der Waals surface area contributed by atoms with Crippen LogP contribution in [0.5, 0.6) is 0 Å². The third kappa shape index (κ3) is 3.27. The summed E-state index contributed by atoms with van der Waals surface area (Å²) in [5.41, 5.74) is 0.0961. The number of carboxylic acid groups (broad SMARTS) is 1. The van der Waals surface area contributed by atoms with Gasteiger partial charge in [-0.3, -0.25) is 19.8 Å². The van der Waals surface area contributed by atoms with Crippen LogP contribution in [0, 0.1) is 15.9 Å². The van der Waals surface area contributed by atoms with Gasteiger partial charge in [-0.05, 0) is 19.1 Å². The van der Waals surface area contributed by atoms with Crippen LogP contribution in [0.2, 0.25) is 0 Å². The fourth-order valence-electron chi connectivity index (χ4n) is 2.42. The van der Waals surface area contributed by atoms with Crippen molar-refractivity contribution in [1.82, 2.24) is 4.90 Å². The van der Waals surface area contributed by atoms with E-state index in [9.17, 15) is 19.3 Å². The van der Waals surface area contributed by atoms with Crippen LogP contribution in [-0.2, 0) is 4.79 Å². The molecule has 0 amide bonds. The highest BCUT2D eigenvalue weighted by Crippen LogP contribution is 2.29. The number of nitro groups is 1. The molecular formula is C13H16FN3O4. The van der Waals surface area contributed by atoms with Gasteiger partial charge in [0.1, 0.15) is 17.5 Å². The van der Waals surface area contributed by atoms with Gasteiger partial charge in [-0.1, -0.05) is 0 Å². The summed E-state index contributed by atoms with van der Waals surface area (Å²) in [6.45, 7) is 3.51. The van der Waals surface area contributed by atoms with E-state index < -0.39 is 22.8 Å². The van der Waals surface area contributed by atoms with Crippen LogP contribution in [-0.4, -0.2) is 53.1 Å². The molecule has 1 fully saturated rings. The monoisotopic (exact) mass is 297 g/mol. The first-order valence-electron chi connectivity index (χ1n) is 6.56. The van der Waals surface area contributed by atoms with Crippen molar-refractivity contribution in [2.45, 2.75) is 13.0 Å². The molecule has 1 atom stereocenters. The summed E-state index contributed by atoms with van der Waals surface area (Å²) >= 11 is 0. The number of nitrogens with zero attached hydrogens (tertiary/aromatic N) is 3. The SMILES string of the molecule is CC(C(=O)O)N1CCN(c2ccc(F)cc2[N+](=O)[O-])CC1. The lowest BCUT2D eigenvalue weighted by Gasteiger charge is -2.37. The summed E-state index contributed by atoms with van der Waals surface area (Å²) in [5.74, 6) is -1.54. The number of carboxylic acids is 1. The van der Waals surface area contributed by atoms with Crippen molar-refractivity contribution < 1.29 is 19.2 Å². The summed E-state index contributed by atoms with van der Waals surface area (Å²) < 4.78 is 13.1. The second-order valence-corrected chi connectivity index (χ2v) is 4.93. The van der Waals surface area contributed by atoms with Crippen molar-refractivity contribution in [3.63, 3.8) is 0 Å². The van der Waals surface area contributed by atoms with Crippen LogP contribution in [0.25, 0.3) is 0 Å². The number of carbonyl (C=O) groups is 1. The molecule has 8 heteroatoms. The number of aliphatic carboxylic acids is 1. The largest absolute Gasteiger partial charge is 0.480 e. The van der Waals surface area contributed by atoms with Gasteiger partial charge in [0.05, 0.1) is 11.0 Å². The second kappa shape index (κ2) is 6.04. The highest BCUT2D eigenvalue weighted by molar-refractivity contribution is 5.73. The number of anilines is 1. The minimum absolute atomic E-state index is 0.269. The lowest BCUT2D eigenvalue weighted by atomic mass is 10.2. The molecule has 0 aromatic heterocycles. The van der Waals surface area contributed by atoms with E-state index in [1.807, 2.05) is 0 Å². The van der Waals surface area contributed by atoms with Gasteiger partial charge in [-0.15, -0.1) is 0 Å². The minimum atomic E-state index is -0.892. The van der Waals surface area contributed by atoms with E-state index in [0.29, 0.717) is 31.9 Å². The topological polar surface area (TPSA) is 86.9 Å². The highest BCUT2D eigenvalue weighted by atomic mass is 19.1. The van der Waals surface area contributed by atoms with Gasteiger partial charge >= 0.3 is 5.97 Å². The number of benzene rings is 1. The predicted molar refractivity (Wildman–Crippen MR) is 73.9 cm³/mol. The Balaban J connectivity index is 2.12. The number of piperazine rings is 1. The molecule has 1 heterocycles. The first-order valence-corrected chi connectivity index (χ1v) is 6.56. The van der Waals surface area contributed by atoms with Crippen LogP contribution in [0.4, 0.5) is 15.8 Å². The Morgan fingerprint density at radius 3 is 2.52 bits per heavy atom. The summed E-state index contributed by atoms with van der Waals surface area (Å²) in [6, 6.07) is 2.90. The standard InChI is InChI=1S/C13H16FN3O4/c1-9(13(18)19)15-4-6-16(7-5-15)11-3-2-10(14)8-12(11)17(20)21/h2-3,8-9H,4-7H2,1H3,(H,18,19). The third-order valence-electron chi connectivity index (χ3n) is 3.69. The van der Waals surface area contributed by atoms with Crippen molar-refractivity contribution in [2.24, 2.45) is 0 Å². The van der Waals surface area contributed by atoms with E-state index in [1.165, 1.54) is 12.1 Å². The molecule has 1 aliphatic rings. The molecule has 1 aliphatic heterocycles. The normalized spacial score (nSPS) is 17.5. The van der Waals surface area contributed by atoms with Gasteiger partial charge in [0, 0.05) is 26.2 Å². The molecule has 0 aliphatic carbocycles. The van der Waals surface area contributed by atoms with E-state index >= 15 is 0 Å². The van der Waals surface area contributed by atoms with Crippen LogP contribution in [0.1, 0.15) is 6.92 Å². The minimum Gasteiger partial charge on any atom is -0.480 e. The van der Waals surface area contributed by atoms with E-state index in [2.05, 4.69) is 0 Å². The fraction of sp³-hybridized carbons (Fsp3) is 0.462. The Bertz CT molecular complexity index is 558. The van der Waals surface area contributed by atoms with Crippen LogP contribution < -0.4 is 4.90 Å². The number of hydrogen-bond donors (Lipinski definition) is 1. The van der Waals surface area contributed by atoms with Gasteiger partial charge < -0.3 is 10.0 Å². The fourth-order valence-corrected chi connectivity index (χ4v) is 2.42. The van der Waals surface area contributed by atoms with Crippen LogP contribution >= 0.6 is 0 Å². The lowest BCUT2D eigenvalue weighted by molar-refractivity contribution is -0.384. The molecule has 1 aromatic carbocycles. The quantitative estimate of drug-likeness (QED) is 0.666. The molecule has 0 saturated carbocycles. The molecular weight excluding hydrogens is 281 g/mol. The lowest BCUT2D eigenvalue weighted by Crippen LogP contribution is -2.51. The van der Waals surface area contributed by atoms with E-state index in [4.69, 9.17) is 5.11 Å². The molecule has 0 spiro atoms. The smallest absolute Gasteiger partial charge is 0.320 e. The Labute approximate surface area is 120 Å². The van der Waals surface area contributed by atoms with E-state index in [-0.39, 0.29) is 5.69 Å². The highest BCUT2D eigenvalue weighted by Gasteiger charge is 2.28. The molecule has 0 bridgehead atoms. The van der Waals surface area contributed by atoms with Crippen molar-refractivity contribution >= 4 is 17.3 Å².